The number of benzene rings is 1. The number of fused-ring (bicyclic) bond motifs is 2. The van der Waals surface area contributed by atoms with Crippen molar-refractivity contribution in [2.75, 3.05) is 56.2 Å². The van der Waals surface area contributed by atoms with E-state index in [0.717, 1.165) is 98.3 Å². The standard InChI is InChI=1S/C33H42FN7O2/c1-3-31(42)41-19-18-40(20-23(41)14-15-35)32-27-11-7-17-39(30-13-12-28(34)25-9-4-5-10-26(25)30)21-29(27)36-33(37-32)43-22-24-8-6-16-38(24)2/h3,12-13,23-24H,1,4-11,14,16-22H2,2H3/t23-,24-/m0/s1. The number of carbonyl (C=O) groups is 1. The minimum absolute atomic E-state index is 0.0909. The molecule has 9 nitrogen and oxygen atoms in total. The third-order valence-corrected chi connectivity index (χ3v) is 9.68. The van der Waals surface area contributed by atoms with Crippen LogP contribution in [-0.4, -0.2) is 84.1 Å². The Bertz CT molecular complexity index is 1410. The summed E-state index contributed by atoms with van der Waals surface area (Å²) >= 11 is 0. The molecule has 6 rings (SSSR count). The van der Waals surface area contributed by atoms with E-state index in [4.69, 9.17) is 14.7 Å². The van der Waals surface area contributed by atoms with Crippen molar-refractivity contribution < 1.29 is 13.9 Å². The number of halogens is 1. The highest BCUT2D eigenvalue weighted by atomic mass is 19.1. The molecule has 1 aromatic heterocycles. The summed E-state index contributed by atoms with van der Waals surface area (Å²) in [4.78, 5) is 31.2. The average Bonchev–Trinajstić information content (AvgIpc) is 3.32. The summed E-state index contributed by atoms with van der Waals surface area (Å²) in [6, 6.07) is 6.29. The second-order valence-corrected chi connectivity index (χ2v) is 12.3. The fourth-order valence-corrected chi connectivity index (χ4v) is 7.32. The van der Waals surface area contributed by atoms with Crippen molar-refractivity contribution in [3.8, 4) is 12.1 Å². The fraction of sp³-hybridized carbons (Fsp3) is 0.576. The van der Waals surface area contributed by atoms with Crippen molar-refractivity contribution in [3.63, 3.8) is 0 Å². The normalized spacial score (nSPS) is 22.4. The highest BCUT2D eigenvalue weighted by Crippen LogP contribution is 2.36. The highest BCUT2D eigenvalue weighted by Gasteiger charge is 2.33. The summed E-state index contributed by atoms with van der Waals surface area (Å²) in [5.74, 6) is 0.604. The number of nitriles is 1. The lowest BCUT2D eigenvalue weighted by atomic mass is 9.89. The van der Waals surface area contributed by atoms with Crippen LogP contribution in [0.25, 0.3) is 0 Å². The van der Waals surface area contributed by atoms with Gasteiger partial charge in [0.1, 0.15) is 18.2 Å². The van der Waals surface area contributed by atoms with Gasteiger partial charge in [0, 0.05) is 43.5 Å². The van der Waals surface area contributed by atoms with E-state index >= 15 is 0 Å². The third kappa shape index (κ3) is 6.05. The highest BCUT2D eigenvalue weighted by molar-refractivity contribution is 5.87. The van der Waals surface area contributed by atoms with Crippen molar-refractivity contribution in [3.05, 3.63) is 53.0 Å². The quantitative estimate of drug-likeness (QED) is 0.449. The zero-order valence-corrected chi connectivity index (χ0v) is 25.2. The van der Waals surface area contributed by atoms with E-state index in [9.17, 15) is 14.4 Å². The molecule has 1 amide bonds. The molecule has 0 spiro atoms. The number of piperazine rings is 1. The van der Waals surface area contributed by atoms with Gasteiger partial charge in [0.2, 0.25) is 5.91 Å². The molecule has 2 fully saturated rings. The third-order valence-electron chi connectivity index (χ3n) is 9.68. The van der Waals surface area contributed by atoms with Gasteiger partial charge >= 0.3 is 6.01 Å². The van der Waals surface area contributed by atoms with Gasteiger partial charge in [-0.2, -0.15) is 15.2 Å². The first kappa shape index (κ1) is 29.4. The van der Waals surface area contributed by atoms with Crippen molar-refractivity contribution in [1.82, 2.24) is 19.8 Å². The van der Waals surface area contributed by atoms with Crippen LogP contribution in [0.3, 0.4) is 0 Å². The molecule has 2 aromatic rings. The van der Waals surface area contributed by atoms with E-state index in [0.29, 0.717) is 44.8 Å². The second-order valence-electron chi connectivity index (χ2n) is 12.3. The maximum Gasteiger partial charge on any atom is 0.318 e. The van der Waals surface area contributed by atoms with Gasteiger partial charge in [-0.05, 0) is 94.3 Å². The molecule has 2 atom stereocenters. The molecule has 1 aliphatic carbocycles. The van der Waals surface area contributed by atoms with Gasteiger partial charge in [-0.1, -0.05) is 6.58 Å². The molecule has 2 saturated heterocycles. The Hall–Kier alpha value is -3.71. The van der Waals surface area contributed by atoms with Crippen LogP contribution < -0.4 is 14.5 Å². The van der Waals surface area contributed by atoms with Crippen LogP contribution >= 0.6 is 0 Å². The van der Waals surface area contributed by atoms with Crippen molar-refractivity contribution in [2.45, 2.75) is 76.4 Å². The molecule has 0 N–H and O–H groups in total. The van der Waals surface area contributed by atoms with Gasteiger partial charge in [0.05, 0.1) is 30.8 Å². The molecule has 0 bridgehead atoms. The maximum atomic E-state index is 14.8. The van der Waals surface area contributed by atoms with Gasteiger partial charge in [-0.15, -0.1) is 0 Å². The summed E-state index contributed by atoms with van der Waals surface area (Å²) in [6.45, 7) is 8.30. The van der Waals surface area contributed by atoms with Gasteiger partial charge in [-0.3, -0.25) is 4.79 Å². The molecule has 3 aliphatic heterocycles. The molecule has 0 unspecified atom stereocenters. The first-order valence-electron chi connectivity index (χ1n) is 15.8. The number of hydrogen-bond donors (Lipinski definition) is 0. The van der Waals surface area contributed by atoms with Crippen LogP contribution in [0.4, 0.5) is 15.9 Å². The molecule has 4 aliphatic rings. The molecular weight excluding hydrogens is 545 g/mol. The van der Waals surface area contributed by atoms with Gasteiger partial charge in [0.15, 0.2) is 0 Å². The predicted octanol–water partition coefficient (Wildman–Crippen LogP) is 4.04. The van der Waals surface area contributed by atoms with Gasteiger partial charge in [0.25, 0.3) is 0 Å². The number of likely N-dealkylation sites (tertiary alicyclic amines) is 1. The lowest BCUT2D eigenvalue weighted by molar-refractivity contribution is -0.128. The van der Waals surface area contributed by atoms with Crippen LogP contribution in [0.2, 0.25) is 0 Å². The lowest BCUT2D eigenvalue weighted by Crippen LogP contribution is -2.55. The molecule has 1 aromatic carbocycles. The Morgan fingerprint density at radius 1 is 1.05 bits per heavy atom. The monoisotopic (exact) mass is 587 g/mol. The second kappa shape index (κ2) is 12.9. The minimum Gasteiger partial charge on any atom is -0.462 e. The molecule has 0 radical (unpaired) electrons. The largest absolute Gasteiger partial charge is 0.462 e. The number of amides is 1. The van der Waals surface area contributed by atoms with E-state index in [1.54, 1.807) is 11.0 Å². The number of likely N-dealkylation sites (N-methyl/N-ethyl adjacent to an activating group) is 1. The van der Waals surface area contributed by atoms with E-state index in [-0.39, 0.29) is 24.2 Å². The Morgan fingerprint density at radius 2 is 1.86 bits per heavy atom. The number of carbonyl (C=O) groups excluding carboxylic acids is 1. The molecule has 43 heavy (non-hydrogen) atoms. The maximum absolute atomic E-state index is 14.8. The fourth-order valence-electron chi connectivity index (χ4n) is 7.32. The minimum atomic E-state index is -0.251. The summed E-state index contributed by atoms with van der Waals surface area (Å²) in [5.41, 5.74) is 5.17. The summed E-state index contributed by atoms with van der Waals surface area (Å²) < 4.78 is 21.1. The zero-order valence-electron chi connectivity index (χ0n) is 25.2. The summed E-state index contributed by atoms with van der Waals surface area (Å²) in [7, 11) is 2.13. The number of aromatic nitrogens is 2. The Morgan fingerprint density at radius 3 is 2.63 bits per heavy atom. The molecule has 4 heterocycles. The van der Waals surface area contributed by atoms with Crippen molar-refractivity contribution in [2.24, 2.45) is 0 Å². The van der Waals surface area contributed by atoms with Crippen LogP contribution in [-0.2, 0) is 30.6 Å². The van der Waals surface area contributed by atoms with E-state index < -0.39 is 0 Å². The van der Waals surface area contributed by atoms with Gasteiger partial charge < -0.3 is 24.3 Å². The van der Waals surface area contributed by atoms with Crippen molar-refractivity contribution >= 4 is 17.4 Å². The number of anilines is 2. The number of rotatable bonds is 7. The average molecular weight is 588 g/mol. The number of nitrogens with zero attached hydrogens (tertiary/aromatic N) is 7. The summed E-state index contributed by atoms with van der Waals surface area (Å²) in [6.07, 6.45) is 9.35. The number of hydrogen-bond acceptors (Lipinski definition) is 8. The van der Waals surface area contributed by atoms with Crippen LogP contribution in [0, 0.1) is 17.1 Å². The summed E-state index contributed by atoms with van der Waals surface area (Å²) in [5, 5.41) is 9.54. The molecule has 10 heteroatoms. The molecule has 228 valence electrons. The van der Waals surface area contributed by atoms with E-state index in [2.05, 4.69) is 34.4 Å². The van der Waals surface area contributed by atoms with Crippen LogP contribution in [0.5, 0.6) is 6.01 Å². The smallest absolute Gasteiger partial charge is 0.318 e. The molecular formula is C33H42FN7O2. The first-order valence-corrected chi connectivity index (χ1v) is 15.8. The van der Waals surface area contributed by atoms with Crippen LogP contribution in [0.1, 0.15) is 60.9 Å². The first-order chi connectivity index (χ1) is 21.0. The predicted molar refractivity (Wildman–Crippen MR) is 164 cm³/mol. The zero-order chi connectivity index (χ0) is 29.9. The van der Waals surface area contributed by atoms with Gasteiger partial charge in [-0.25, -0.2) is 4.39 Å². The van der Waals surface area contributed by atoms with E-state index in [1.165, 1.54) is 6.08 Å². The SMILES string of the molecule is C=CC(=O)N1CCN(c2nc(OC[C@@H]3CCCN3C)nc3c2CCCN(c2ccc(F)c4c2CCCC4)C3)C[C@@H]1CC#N. The Kier molecular flexibility index (Phi) is 8.80. The topological polar surface area (TPSA) is 88.8 Å². The van der Waals surface area contributed by atoms with E-state index in [1.807, 2.05) is 6.07 Å². The van der Waals surface area contributed by atoms with Crippen LogP contribution in [0.15, 0.2) is 24.8 Å². The Labute approximate surface area is 253 Å². The van der Waals surface area contributed by atoms with Crippen molar-refractivity contribution in [1.29, 1.82) is 5.26 Å². The number of ether oxygens (including phenoxy) is 1. The lowest BCUT2D eigenvalue weighted by Gasteiger charge is -2.41. The Balaban J connectivity index is 1.34. The molecule has 0 saturated carbocycles.